The lowest BCUT2D eigenvalue weighted by Gasteiger charge is -2.33. The predicted molar refractivity (Wildman–Crippen MR) is 117 cm³/mol. The number of hydrogen-bond donors (Lipinski definition) is 1. The van der Waals surface area contributed by atoms with E-state index in [1.54, 1.807) is 18.2 Å². The van der Waals surface area contributed by atoms with Gasteiger partial charge in [0.25, 0.3) is 0 Å². The van der Waals surface area contributed by atoms with Crippen molar-refractivity contribution >= 4 is 21.6 Å². The summed E-state index contributed by atoms with van der Waals surface area (Å²) in [5.41, 5.74) is -6.25. The van der Waals surface area contributed by atoms with Crippen molar-refractivity contribution in [2.75, 3.05) is 24.5 Å². The summed E-state index contributed by atoms with van der Waals surface area (Å²) in [6.07, 6.45) is -15.3. The van der Waals surface area contributed by atoms with Crippen LogP contribution in [0, 0.1) is 0 Å². The Morgan fingerprint density at radius 1 is 0.914 bits per heavy atom. The molecule has 2 nitrogen and oxygen atoms in total. The van der Waals surface area contributed by atoms with E-state index in [1.165, 1.54) is 4.90 Å². The molecular formula is C23H22BrF9N2. The highest BCUT2D eigenvalue weighted by molar-refractivity contribution is 9.10. The molecule has 1 aliphatic rings. The third-order valence-electron chi connectivity index (χ3n) is 6.10. The number of halogens is 10. The van der Waals surface area contributed by atoms with Gasteiger partial charge in [-0.3, -0.25) is 0 Å². The van der Waals surface area contributed by atoms with Crippen molar-refractivity contribution in [2.45, 2.75) is 50.3 Å². The molecule has 0 aliphatic carbocycles. The molecule has 0 saturated carbocycles. The number of benzene rings is 2. The summed E-state index contributed by atoms with van der Waals surface area (Å²) in [7, 11) is 0. The zero-order chi connectivity index (χ0) is 26.2. The van der Waals surface area contributed by atoms with E-state index in [4.69, 9.17) is 0 Å². The van der Waals surface area contributed by atoms with Gasteiger partial charge in [-0.15, -0.1) is 0 Å². The molecule has 12 heteroatoms. The van der Waals surface area contributed by atoms with Crippen LogP contribution < -0.4 is 10.2 Å². The predicted octanol–water partition coefficient (Wildman–Crippen LogP) is 7.70. The van der Waals surface area contributed by atoms with Crippen LogP contribution in [0.4, 0.5) is 45.2 Å². The van der Waals surface area contributed by atoms with Crippen LogP contribution in [0.2, 0.25) is 0 Å². The third-order valence-corrected chi connectivity index (χ3v) is 6.83. The quantitative estimate of drug-likeness (QED) is 0.280. The fraction of sp³-hybridized carbons (Fsp3) is 0.478. The SMILES string of the molecule is CCCNCc1ccc(N2CCC(c3cc(C(F)(F)F)cc(C(F)(F)F)c3)(C(F)(F)F)C2)cc1Br. The third kappa shape index (κ3) is 5.90. The second-order valence-electron chi connectivity index (χ2n) is 8.50. The lowest BCUT2D eigenvalue weighted by atomic mass is 9.77. The van der Waals surface area contributed by atoms with Gasteiger partial charge in [0.2, 0.25) is 0 Å². The summed E-state index contributed by atoms with van der Waals surface area (Å²) >= 11 is 3.38. The summed E-state index contributed by atoms with van der Waals surface area (Å²) < 4.78 is 124. The average Bonchev–Trinajstić information content (AvgIpc) is 3.20. The molecule has 1 saturated heterocycles. The Morgan fingerprint density at radius 2 is 1.51 bits per heavy atom. The average molecular weight is 577 g/mol. The summed E-state index contributed by atoms with van der Waals surface area (Å²) in [5, 5.41) is 3.19. The van der Waals surface area contributed by atoms with Crippen molar-refractivity contribution < 1.29 is 39.5 Å². The van der Waals surface area contributed by atoms with Gasteiger partial charge < -0.3 is 10.2 Å². The molecule has 1 fully saturated rings. The van der Waals surface area contributed by atoms with Crippen LogP contribution in [0.25, 0.3) is 0 Å². The topological polar surface area (TPSA) is 15.3 Å². The van der Waals surface area contributed by atoms with E-state index in [1.807, 2.05) is 6.92 Å². The van der Waals surface area contributed by atoms with Gasteiger partial charge in [0.05, 0.1) is 11.1 Å². The number of anilines is 1. The lowest BCUT2D eigenvalue weighted by Crippen LogP contribution is -2.45. The number of alkyl halides is 9. The Kier molecular flexibility index (Phi) is 7.77. The van der Waals surface area contributed by atoms with E-state index in [0.717, 1.165) is 18.5 Å². The maximum absolute atomic E-state index is 14.4. The first-order valence-electron chi connectivity index (χ1n) is 10.7. The molecule has 0 spiro atoms. The fourth-order valence-electron chi connectivity index (χ4n) is 4.17. The second-order valence-corrected chi connectivity index (χ2v) is 9.35. The minimum absolute atomic E-state index is 0.164. The molecule has 0 bridgehead atoms. The molecule has 1 N–H and O–H groups in total. The number of nitrogens with one attached hydrogen (secondary N) is 1. The van der Waals surface area contributed by atoms with Crippen LogP contribution in [0.1, 0.15) is 42.0 Å². The normalized spacial score (nSPS) is 19.5. The van der Waals surface area contributed by atoms with Crippen molar-refractivity contribution in [1.29, 1.82) is 0 Å². The first-order chi connectivity index (χ1) is 16.1. The maximum atomic E-state index is 14.4. The summed E-state index contributed by atoms with van der Waals surface area (Å²) in [5.74, 6) is 0. The number of hydrogen-bond acceptors (Lipinski definition) is 2. The van der Waals surface area contributed by atoms with E-state index in [2.05, 4.69) is 21.2 Å². The molecule has 0 amide bonds. The van der Waals surface area contributed by atoms with Gasteiger partial charge in [0.1, 0.15) is 5.41 Å². The Labute approximate surface area is 204 Å². The van der Waals surface area contributed by atoms with E-state index in [-0.39, 0.29) is 24.7 Å². The molecule has 2 aromatic carbocycles. The van der Waals surface area contributed by atoms with Crippen LogP contribution in [0.3, 0.4) is 0 Å². The van der Waals surface area contributed by atoms with Crippen LogP contribution in [0.5, 0.6) is 0 Å². The standard InChI is InChI=1S/C23H22BrF9N2/c1-2-6-34-12-14-3-4-18(11-19(14)24)35-7-5-20(13-35,23(31,32)33)15-8-16(21(25,26)27)10-17(9-15)22(28,29)30/h3-4,8-11,34H,2,5-7,12-13H2,1H3. The van der Waals surface area contributed by atoms with Gasteiger partial charge in [-0.05, 0) is 60.8 Å². The Hall–Kier alpha value is -1.95. The number of rotatable bonds is 6. The molecule has 35 heavy (non-hydrogen) atoms. The van der Waals surface area contributed by atoms with Crippen molar-refractivity contribution in [1.82, 2.24) is 5.32 Å². The van der Waals surface area contributed by atoms with Crippen molar-refractivity contribution in [3.05, 3.63) is 63.1 Å². The van der Waals surface area contributed by atoms with Gasteiger partial charge in [0.15, 0.2) is 0 Å². The Balaban J connectivity index is 2.02. The van der Waals surface area contributed by atoms with E-state index in [9.17, 15) is 39.5 Å². The summed E-state index contributed by atoms with van der Waals surface area (Å²) in [4.78, 5) is 1.33. The van der Waals surface area contributed by atoms with Gasteiger partial charge in [-0.1, -0.05) is 28.9 Å². The lowest BCUT2D eigenvalue weighted by molar-refractivity contribution is -0.185. The molecular weight excluding hydrogens is 555 g/mol. The van der Waals surface area contributed by atoms with Crippen LogP contribution in [-0.2, 0) is 24.3 Å². The first-order valence-corrected chi connectivity index (χ1v) is 11.5. The maximum Gasteiger partial charge on any atom is 0.416 e. The van der Waals surface area contributed by atoms with Crippen LogP contribution in [0.15, 0.2) is 40.9 Å². The van der Waals surface area contributed by atoms with Crippen molar-refractivity contribution in [3.8, 4) is 0 Å². The van der Waals surface area contributed by atoms with Crippen LogP contribution in [-0.4, -0.2) is 25.8 Å². The molecule has 1 unspecified atom stereocenters. The number of nitrogens with zero attached hydrogens (tertiary/aromatic N) is 1. The van der Waals surface area contributed by atoms with Crippen molar-refractivity contribution in [3.63, 3.8) is 0 Å². The fourth-order valence-corrected chi connectivity index (χ4v) is 4.68. The Bertz CT molecular complexity index is 1010. The van der Waals surface area contributed by atoms with Crippen molar-refractivity contribution in [2.24, 2.45) is 0 Å². The molecule has 1 aliphatic heterocycles. The van der Waals surface area contributed by atoms with Gasteiger partial charge in [0, 0.05) is 29.8 Å². The summed E-state index contributed by atoms with van der Waals surface area (Å²) in [6.45, 7) is 2.27. The van der Waals surface area contributed by atoms with Gasteiger partial charge in [-0.25, -0.2) is 0 Å². The van der Waals surface area contributed by atoms with Crippen LogP contribution >= 0.6 is 15.9 Å². The van der Waals surface area contributed by atoms with E-state index in [0.29, 0.717) is 16.7 Å². The van der Waals surface area contributed by atoms with E-state index < -0.39 is 53.6 Å². The minimum atomic E-state index is -5.24. The molecule has 1 atom stereocenters. The van der Waals surface area contributed by atoms with E-state index >= 15 is 0 Å². The minimum Gasteiger partial charge on any atom is -0.370 e. The molecule has 1 heterocycles. The highest BCUT2D eigenvalue weighted by Crippen LogP contribution is 2.50. The van der Waals surface area contributed by atoms with Gasteiger partial charge >= 0.3 is 18.5 Å². The Morgan fingerprint density at radius 3 is 2.00 bits per heavy atom. The summed E-state index contributed by atoms with van der Waals surface area (Å²) in [6, 6.07) is 5.11. The zero-order valence-electron chi connectivity index (χ0n) is 18.4. The largest absolute Gasteiger partial charge is 0.416 e. The highest BCUT2D eigenvalue weighted by atomic mass is 79.9. The molecule has 194 valence electrons. The molecule has 2 aromatic rings. The molecule has 0 aromatic heterocycles. The second kappa shape index (κ2) is 9.84. The zero-order valence-corrected chi connectivity index (χ0v) is 20.0. The first kappa shape index (κ1) is 27.6. The smallest absolute Gasteiger partial charge is 0.370 e. The highest BCUT2D eigenvalue weighted by Gasteiger charge is 2.60. The van der Waals surface area contributed by atoms with Gasteiger partial charge in [-0.2, -0.15) is 39.5 Å². The molecule has 3 rings (SSSR count). The monoisotopic (exact) mass is 576 g/mol. The molecule has 0 radical (unpaired) electrons.